The van der Waals surface area contributed by atoms with Crippen molar-refractivity contribution in [3.8, 4) is 11.5 Å². The Labute approximate surface area is 223 Å². The second kappa shape index (κ2) is 12.5. The van der Waals surface area contributed by atoms with Gasteiger partial charge in [0.1, 0.15) is 6.54 Å². The summed E-state index contributed by atoms with van der Waals surface area (Å²) < 4.78 is 16.3. The van der Waals surface area contributed by atoms with Crippen molar-refractivity contribution >= 4 is 52.2 Å². The molecule has 0 saturated carbocycles. The van der Waals surface area contributed by atoms with Gasteiger partial charge in [-0.3, -0.25) is 24.1 Å². The number of nitrogens with zero attached hydrogens (tertiary/aromatic N) is 2. The summed E-state index contributed by atoms with van der Waals surface area (Å²) in [5.74, 6) is -0.988. The van der Waals surface area contributed by atoms with E-state index in [2.05, 4.69) is 10.2 Å². The molecule has 2 aromatic rings. The number of amides is 4. The van der Waals surface area contributed by atoms with Gasteiger partial charge in [0.05, 0.1) is 24.7 Å². The quantitative estimate of drug-likeness (QED) is 0.435. The first-order valence-electron chi connectivity index (χ1n) is 12.0. The monoisotopic (exact) mass is 540 g/mol. The zero-order chi connectivity index (χ0) is 27.1. The number of morpholine rings is 1. The van der Waals surface area contributed by atoms with Gasteiger partial charge in [-0.25, -0.2) is 0 Å². The number of primary amides is 1. The number of benzene rings is 2. The molecule has 2 aliphatic heterocycles. The van der Waals surface area contributed by atoms with Gasteiger partial charge in [-0.05, 0) is 66.7 Å². The molecule has 2 fully saturated rings. The van der Waals surface area contributed by atoms with Gasteiger partial charge in [-0.1, -0.05) is 6.07 Å². The number of thioether (sulfide) groups is 1. The Morgan fingerprint density at radius 1 is 1.08 bits per heavy atom. The van der Waals surface area contributed by atoms with E-state index in [4.69, 9.17) is 19.9 Å². The first-order valence-corrected chi connectivity index (χ1v) is 12.8. The third kappa shape index (κ3) is 6.84. The first-order chi connectivity index (χ1) is 18.3. The van der Waals surface area contributed by atoms with Crippen LogP contribution in [0.4, 0.5) is 16.2 Å². The van der Waals surface area contributed by atoms with Gasteiger partial charge in [0.15, 0.2) is 18.1 Å². The van der Waals surface area contributed by atoms with Crippen LogP contribution in [0.1, 0.15) is 12.5 Å². The predicted octanol–water partition coefficient (Wildman–Crippen LogP) is 2.46. The van der Waals surface area contributed by atoms with Crippen molar-refractivity contribution in [2.75, 3.05) is 56.3 Å². The van der Waals surface area contributed by atoms with Gasteiger partial charge in [0.25, 0.3) is 17.1 Å². The molecule has 4 amide bonds. The maximum Gasteiger partial charge on any atom is 0.294 e. The molecular weight excluding hydrogens is 512 g/mol. The van der Waals surface area contributed by atoms with Crippen LogP contribution >= 0.6 is 11.8 Å². The van der Waals surface area contributed by atoms with E-state index in [0.717, 1.165) is 35.4 Å². The summed E-state index contributed by atoms with van der Waals surface area (Å²) >= 11 is 0.750. The molecule has 200 valence electrons. The van der Waals surface area contributed by atoms with Crippen LogP contribution in [0.25, 0.3) is 6.08 Å². The fourth-order valence-electron chi connectivity index (χ4n) is 3.86. The number of hydrogen-bond acceptors (Lipinski definition) is 9. The standard InChI is InChI=1S/C26H28N4O7S/c1-2-36-21-13-17(3-8-20(21)37-16-23(27)31)14-22-25(33)30(26(34)38-22)15-24(32)28-18-4-6-19(7-5-18)29-9-11-35-12-10-29/h3-8,13-14H,2,9-12,15-16H2,1H3,(H2,27,31)(H,28,32)/b22-14-. The number of hydrogen-bond donors (Lipinski definition) is 2. The largest absolute Gasteiger partial charge is 0.490 e. The van der Waals surface area contributed by atoms with E-state index in [0.29, 0.717) is 42.6 Å². The minimum absolute atomic E-state index is 0.172. The highest BCUT2D eigenvalue weighted by Crippen LogP contribution is 2.34. The zero-order valence-electron chi connectivity index (χ0n) is 20.8. The highest BCUT2D eigenvalue weighted by atomic mass is 32.2. The second-order valence-electron chi connectivity index (χ2n) is 8.36. The predicted molar refractivity (Wildman–Crippen MR) is 143 cm³/mol. The van der Waals surface area contributed by atoms with Crippen LogP contribution in [0.5, 0.6) is 11.5 Å². The summed E-state index contributed by atoms with van der Waals surface area (Å²) in [5, 5.41) is 2.20. The number of nitrogens with one attached hydrogen (secondary N) is 1. The molecule has 2 heterocycles. The van der Waals surface area contributed by atoms with E-state index >= 15 is 0 Å². The molecule has 2 aromatic carbocycles. The number of imide groups is 1. The van der Waals surface area contributed by atoms with Crippen LogP contribution < -0.4 is 25.4 Å². The van der Waals surface area contributed by atoms with Crippen LogP contribution in [-0.4, -0.2) is 73.9 Å². The van der Waals surface area contributed by atoms with Crippen molar-refractivity contribution in [2.45, 2.75) is 6.92 Å². The lowest BCUT2D eigenvalue weighted by Gasteiger charge is -2.28. The number of carbonyl (C=O) groups excluding carboxylic acids is 4. The van der Waals surface area contributed by atoms with Crippen LogP contribution in [0.2, 0.25) is 0 Å². The average Bonchev–Trinajstić information content (AvgIpc) is 3.16. The third-order valence-electron chi connectivity index (χ3n) is 5.64. The normalized spacial score (nSPS) is 16.6. The van der Waals surface area contributed by atoms with Gasteiger partial charge in [0.2, 0.25) is 5.91 Å². The van der Waals surface area contributed by atoms with E-state index in [1.54, 1.807) is 37.3 Å². The summed E-state index contributed by atoms with van der Waals surface area (Å²) in [4.78, 5) is 52.3. The van der Waals surface area contributed by atoms with Gasteiger partial charge < -0.3 is 30.2 Å². The number of anilines is 2. The maximum atomic E-state index is 12.9. The Hall–Kier alpha value is -4.03. The summed E-state index contributed by atoms with van der Waals surface area (Å²) in [6.07, 6.45) is 1.54. The fraction of sp³-hybridized carbons (Fsp3) is 0.308. The minimum Gasteiger partial charge on any atom is -0.490 e. The van der Waals surface area contributed by atoms with Crippen molar-refractivity contribution in [1.29, 1.82) is 0 Å². The number of ether oxygens (including phenoxy) is 3. The summed E-state index contributed by atoms with van der Waals surface area (Å²) in [5.41, 5.74) is 7.31. The molecule has 0 atom stereocenters. The first kappa shape index (κ1) is 27.0. The summed E-state index contributed by atoms with van der Waals surface area (Å²) in [6.45, 7) is 4.38. The van der Waals surface area contributed by atoms with Crippen molar-refractivity contribution in [3.05, 3.63) is 52.9 Å². The summed E-state index contributed by atoms with van der Waals surface area (Å²) in [6, 6.07) is 12.2. The van der Waals surface area contributed by atoms with Crippen LogP contribution in [-0.2, 0) is 19.1 Å². The van der Waals surface area contributed by atoms with Crippen molar-refractivity contribution in [3.63, 3.8) is 0 Å². The lowest BCUT2D eigenvalue weighted by atomic mass is 10.2. The molecule has 0 unspecified atom stereocenters. The second-order valence-corrected chi connectivity index (χ2v) is 9.35. The van der Waals surface area contributed by atoms with Gasteiger partial charge in [-0.2, -0.15) is 0 Å². The van der Waals surface area contributed by atoms with Gasteiger partial charge >= 0.3 is 0 Å². The summed E-state index contributed by atoms with van der Waals surface area (Å²) in [7, 11) is 0. The fourth-order valence-corrected chi connectivity index (χ4v) is 4.70. The molecule has 2 saturated heterocycles. The SMILES string of the molecule is CCOc1cc(/C=C2\SC(=O)N(CC(=O)Nc3ccc(N4CCOCC4)cc3)C2=O)ccc1OCC(N)=O. The molecule has 0 aromatic heterocycles. The Bertz CT molecular complexity index is 1240. The molecule has 0 bridgehead atoms. The zero-order valence-corrected chi connectivity index (χ0v) is 21.6. The Morgan fingerprint density at radius 3 is 2.50 bits per heavy atom. The van der Waals surface area contributed by atoms with Gasteiger partial charge in [-0.15, -0.1) is 0 Å². The average molecular weight is 541 g/mol. The number of nitrogens with two attached hydrogens (primary N) is 1. The Kier molecular flexibility index (Phi) is 8.87. The highest BCUT2D eigenvalue weighted by molar-refractivity contribution is 8.18. The van der Waals surface area contributed by atoms with Crippen molar-refractivity contribution in [1.82, 2.24) is 4.90 Å². The maximum absolute atomic E-state index is 12.9. The van der Waals surface area contributed by atoms with Crippen molar-refractivity contribution in [2.24, 2.45) is 5.73 Å². The van der Waals surface area contributed by atoms with Crippen LogP contribution in [0.3, 0.4) is 0 Å². The van der Waals surface area contributed by atoms with Crippen LogP contribution in [0, 0.1) is 0 Å². The van der Waals surface area contributed by atoms with E-state index in [9.17, 15) is 19.2 Å². The minimum atomic E-state index is -0.626. The van der Waals surface area contributed by atoms with E-state index in [1.165, 1.54) is 6.08 Å². The molecule has 0 radical (unpaired) electrons. The lowest BCUT2D eigenvalue weighted by molar-refractivity contribution is -0.127. The number of carbonyl (C=O) groups is 4. The number of rotatable bonds is 10. The lowest BCUT2D eigenvalue weighted by Crippen LogP contribution is -2.36. The molecule has 3 N–H and O–H groups in total. The van der Waals surface area contributed by atoms with Crippen molar-refractivity contribution < 1.29 is 33.4 Å². The van der Waals surface area contributed by atoms with Crippen LogP contribution in [0.15, 0.2) is 47.4 Å². The smallest absolute Gasteiger partial charge is 0.294 e. The molecule has 4 rings (SSSR count). The van der Waals surface area contributed by atoms with Gasteiger partial charge in [0, 0.05) is 24.5 Å². The Morgan fingerprint density at radius 2 is 1.82 bits per heavy atom. The molecule has 12 heteroatoms. The molecule has 0 aliphatic carbocycles. The van der Waals surface area contributed by atoms with E-state index in [1.807, 2.05) is 12.1 Å². The Balaban J connectivity index is 1.38. The topological polar surface area (TPSA) is 140 Å². The van der Waals surface area contributed by atoms with E-state index in [-0.39, 0.29) is 11.5 Å². The molecule has 0 spiro atoms. The molecular formula is C26H28N4O7S. The molecule has 2 aliphatic rings. The van der Waals surface area contributed by atoms with E-state index < -0.39 is 29.5 Å². The third-order valence-corrected chi connectivity index (χ3v) is 6.55. The highest BCUT2D eigenvalue weighted by Gasteiger charge is 2.36. The molecule has 38 heavy (non-hydrogen) atoms. The molecule has 11 nitrogen and oxygen atoms in total.